The first-order valence-electron chi connectivity index (χ1n) is 15.0. The summed E-state index contributed by atoms with van der Waals surface area (Å²) in [5.41, 5.74) is 12.2. The van der Waals surface area contributed by atoms with Crippen molar-refractivity contribution < 1.29 is 4.42 Å². The molecule has 2 nitrogen and oxygen atoms in total. The summed E-state index contributed by atoms with van der Waals surface area (Å²) in [7, 11) is 0. The molecule has 44 heavy (non-hydrogen) atoms. The van der Waals surface area contributed by atoms with Crippen molar-refractivity contribution in [1.82, 2.24) is 0 Å². The van der Waals surface area contributed by atoms with Crippen LogP contribution < -0.4 is 4.90 Å². The number of hydrogen-bond acceptors (Lipinski definition) is 2. The van der Waals surface area contributed by atoms with Crippen LogP contribution in [0.4, 0.5) is 17.1 Å². The number of para-hydroxylation sites is 3. The van der Waals surface area contributed by atoms with Crippen molar-refractivity contribution in [3.05, 3.63) is 176 Å². The number of furan rings is 1. The van der Waals surface area contributed by atoms with E-state index in [1.54, 1.807) is 0 Å². The van der Waals surface area contributed by atoms with Crippen LogP contribution >= 0.6 is 0 Å². The van der Waals surface area contributed by atoms with Gasteiger partial charge in [0.2, 0.25) is 0 Å². The molecule has 0 amide bonds. The summed E-state index contributed by atoms with van der Waals surface area (Å²) in [6, 6.07) is 62.1. The molecule has 0 N–H and O–H groups in total. The third kappa shape index (κ3) is 4.45. The summed E-state index contributed by atoms with van der Waals surface area (Å²) < 4.78 is 6.34. The molecule has 0 fully saturated rings. The topological polar surface area (TPSA) is 16.4 Å². The molecule has 8 rings (SSSR count). The minimum absolute atomic E-state index is 0.874. The Morgan fingerprint density at radius 2 is 0.841 bits per heavy atom. The zero-order valence-corrected chi connectivity index (χ0v) is 24.1. The van der Waals surface area contributed by atoms with Crippen molar-refractivity contribution in [1.29, 1.82) is 0 Å². The average Bonchev–Trinajstić information content (AvgIpc) is 3.49. The van der Waals surface area contributed by atoms with Gasteiger partial charge >= 0.3 is 0 Å². The van der Waals surface area contributed by atoms with Crippen molar-refractivity contribution >= 4 is 39.0 Å². The van der Waals surface area contributed by atoms with Crippen LogP contribution in [0.25, 0.3) is 55.3 Å². The Balaban J connectivity index is 1.39. The fourth-order valence-corrected chi connectivity index (χ4v) is 6.36. The van der Waals surface area contributed by atoms with Crippen LogP contribution in [0, 0.1) is 0 Å². The number of anilines is 3. The summed E-state index contributed by atoms with van der Waals surface area (Å²) in [5, 5.41) is 2.21. The van der Waals surface area contributed by atoms with Crippen molar-refractivity contribution in [3.8, 4) is 33.4 Å². The third-order valence-corrected chi connectivity index (χ3v) is 8.30. The van der Waals surface area contributed by atoms with Gasteiger partial charge in [0, 0.05) is 16.6 Å². The van der Waals surface area contributed by atoms with Crippen LogP contribution in [0.3, 0.4) is 0 Å². The number of rotatable bonds is 6. The first-order valence-corrected chi connectivity index (χ1v) is 15.0. The summed E-state index contributed by atoms with van der Waals surface area (Å²) in [6.45, 7) is 0. The van der Waals surface area contributed by atoms with E-state index >= 15 is 0 Å². The second-order valence-corrected chi connectivity index (χ2v) is 10.9. The Kier molecular flexibility index (Phi) is 6.51. The zero-order chi connectivity index (χ0) is 29.3. The molecule has 0 radical (unpaired) electrons. The molecule has 1 heterocycles. The molecule has 0 saturated carbocycles. The molecule has 0 bridgehead atoms. The lowest BCUT2D eigenvalue weighted by molar-refractivity contribution is 0.669. The minimum Gasteiger partial charge on any atom is -0.456 e. The van der Waals surface area contributed by atoms with E-state index in [2.05, 4.69) is 169 Å². The molecule has 208 valence electrons. The lowest BCUT2D eigenvalue weighted by atomic mass is 9.88. The van der Waals surface area contributed by atoms with E-state index < -0.39 is 0 Å². The lowest BCUT2D eigenvalue weighted by Crippen LogP contribution is -2.11. The molecule has 1 aromatic heterocycles. The summed E-state index contributed by atoms with van der Waals surface area (Å²) in [6.07, 6.45) is 0. The first kappa shape index (κ1) is 25.8. The third-order valence-electron chi connectivity index (χ3n) is 8.30. The maximum absolute atomic E-state index is 6.34. The van der Waals surface area contributed by atoms with Gasteiger partial charge in [-0.2, -0.15) is 0 Å². The number of fused-ring (bicyclic) bond motifs is 3. The Hall–Kier alpha value is -5.86. The maximum Gasteiger partial charge on any atom is 0.137 e. The Morgan fingerprint density at radius 3 is 1.59 bits per heavy atom. The second-order valence-electron chi connectivity index (χ2n) is 10.9. The minimum atomic E-state index is 0.874. The average molecular weight is 564 g/mol. The first-order chi connectivity index (χ1) is 21.9. The number of nitrogens with zero attached hydrogens (tertiary/aromatic N) is 1. The fourth-order valence-electron chi connectivity index (χ4n) is 6.36. The molecule has 0 unspecified atom stereocenters. The van der Waals surface area contributed by atoms with Crippen molar-refractivity contribution in [2.24, 2.45) is 0 Å². The van der Waals surface area contributed by atoms with Gasteiger partial charge in [-0.15, -0.1) is 0 Å². The largest absolute Gasteiger partial charge is 0.456 e. The second kappa shape index (κ2) is 11.1. The predicted octanol–water partition coefficient (Wildman–Crippen LogP) is 12.1. The normalized spacial score (nSPS) is 11.2. The van der Waals surface area contributed by atoms with Crippen molar-refractivity contribution in [2.45, 2.75) is 0 Å². The van der Waals surface area contributed by atoms with Crippen molar-refractivity contribution in [3.63, 3.8) is 0 Å². The van der Waals surface area contributed by atoms with Crippen LogP contribution in [0.15, 0.2) is 180 Å². The fraction of sp³-hybridized carbons (Fsp3) is 0. The molecule has 0 saturated heterocycles. The van der Waals surface area contributed by atoms with Gasteiger partial charge in [0.25, 0.3) is 0 Å². The Morgan fingerprint density at radius 1 is 0.341 bits per heavy atom. The molecular formula is C42H29NO. The van der Waals surface area contributed by atoms with E-state index in [1.807, 2.05) is 12.1 Å². The van der Waals surface area contributed by atoms with Gasteiger partial charge in [0.15, 0.2) is 0 Å². The molecule has 8 aromatic rings. The van der Waals surface area contributed by atoms with Crippen LogP contribution in [0.2, 0.25) is 0 Å². The van der Waals surface area contributed by atoms with Gasteiger partial charge in [-0.05, 0) is 64.2 Å². The molecule has 0 aliphatic heterocycles. The van der Waals surface area contributed by atoms with E-state index in [1.165, 1.54) is 27.8 Å². The molecule has 0 aliphatic rings. The zero-order valence-electron chi connectivity index (χ0n) is 24.1. The van der Waals surface area contributed by atoms with Gasteiger partial charge < -0.3 is 9.32 Å². The van der Waals surface area contributed by atoms with Gasteiger partial charge in [0.1, 0.15) is 11.2 Å². The standard InChI is InChI=1S/C42H29NO/c1-3-16-30(17-4-1)32-20-7-8-21-33(32)34-22-9-10-23-35(34)36-24-11-13-26-38(36)43(31-18-5-2-6-19-31)39-27-15-29-41-42(39)37-25-12-14-28-40(37)44-41/h1-29H. The van der Waals surface area contributed by atoms with E-state index in [4.69, 9.17) is 4.42 Å². The molecular weight excluding hydrogens is 534 g/mol. The van der Waals surface area contributed by atoms with E-state index in [9.17, 15) is 0 Å². The van der Waals surface area contributed by atoms with Crippen LogP contribution in [0.1, 0.15) is 0 Å². The van der Waals surface area contributed by atoms with E-state index in [0.717, 1.165) is 44.6 Å². The van der Waals surface area contributed by atoms with Crippen LogP contribution in [-0.2, 0) is 0 Å². The van der Waals surface area contributed by atoms with Crippen LogP contribution in [0.5, 0.6) is 0 Å². The number of benzene rings is 7. The molecule has 7 aromatic carbocycles. The maximum atomic E-state index is 6.34. The van der Waals surface area contributed by atoms with Gasteiger partial charge in [0.05, 0.1) is 16.8 Å². The Labute approximate surface area is 257 Å². The monoisotopic (exact) mass is 563 g/mol. The molecule has 0 spiro atoms. The van der Waals surface area contributed by atoms with Gasteiger partial charge in [-0.3, -0.25) is 0 Å². The van der Waals surface area contributed by atoms with Gasteiger partial charge in [-0.25, -0.2) is 0 Å². The summed E-state index contributed by atoms with van der Waals surface area (Å²) >= 11 is 0. The van der Waals surface area contributed by atoms with Crippen molar-refractivity contribution in [2.75, 3.05) is 4.90 Å². The SMILES string of the molecule is c1ccc(-c2ccccc2-c2ccccc2-c2ccccc2N(c2ccccc2)c2cccc3oc4ccccc4c23)cc1. The lowest BCUT2D eigenvalue weighted by Gasteiger charge is -2.29. The smallest absolute Gasteiger partial charge is 0.137 e. The highest BCUT2D eigenvalue weighted by Gasteiger charge is 2.23. The summed E-state index contributed by atoms with van der Waals surface area (Å²) in [5.74, 6) is 0. The number of hydrogen-bond donors (Lipinski definition) is 0. The molecule has 0 atom stereocenters. The quantitative estimate of drug-likeness (QED) is 0.200. The highest BCUT2D eigenvalue weighted by Crippen LogP contribution is 2.47. The van der Waals surface area contributed by atoms with Crippen LogP contribution in [-0.4, -0.2) is 0 Å². The highest BCUT2D eigenvalue weighted by atomic mass is 16.3. The molecule has 2 heteroatoms. The Bertz CT molecular complexity index is 2230. The highest BCUT2D eigenvalue weighted by molar-refractivity contribution is 6.14. The predicted molar refractivity (Wildman–Crippen MR) is 185 cm³/mol. The van der Waals surface area contributed by atoms with Gasteiger partial charge in [-0.1, -0.05) is 140 Å². The van der Waals surface area contributed by atoms with E-state index in [0.29, 0.717) is 0 Å². The molecule has 0 aliphatic carbocycles. The summed E-state index contributed by atoms with van der Waals surface area (Å²) in [4.78, 5) is 2.37. The van der Waals surface area contributed by atoms with E-state index in [-0.39, 0.29) is 0 Å².